The summed E-state index contributed by atoms with van der Waals surface area (Å²) < 4.78 is 31.8. The van der Waals surface area contributed by atoms with Crippen LogP contribution >= 0.6 is 0 Å². The number of aromatic hydroxyl groups is 1. The number of phenolic OH excluding ortho intramolecular Hbond substituents is 1. The van der Waals surface area contributed by atoms with Gasteiger partial charge >= 0.3 is 0 Å². The molecule has 4 N–H and O–H groups in total. The summed E-state index contributed by atoms with van der Waals surface area (Å²) in [5.74, 6) is -1.71. The van der Waals surface area contributed by atoms with Crippen molar-refractivity contribution in [2.24, 2.45) is 0 Å². The second kappa shape index (κ2) is 15.2. The number of fused-ring (bicyclic) bond motifs is 7. The predicted molar refractivity (Wildman–Crippen MR) is 175 cm³/mol. The first-order chi connectivity index (χ1) is 23.6. The number of methoxy groups -OCH3 is 1. The number of halogens is 1. The topological polar surface area (TPSA) is 164 Å². The summed E-state index contributed by atoms with van der Waals surface area (Å²) in [6.07, 6.45) is -0.729. The van der Waals surface area contributed by atoms with Gasteiger partial charge in [-0.3, -0.25) is 19.2 Å². The molecule has 3 aliphatic heterocycles. The monoisotopic (exact) mass is 671 g/mol. The lowest BCUT2D eigenvalue weighted by molar-refractivity contribution is -0.123. The lowest BCUT2D eigenvalue weighted by Crippen LogP contribution is -2.45. The molecule has 0 spiro atoms. The molecular formula is C36H34FN3O9. The molecule has 0 saturated carbocycles. The minimum atomic E-state index is -0.911. The van der Waals surface area contributed by atoms with Crippen LogP contribution in [-0.2, 0) is 16.1 Å². The predicted octanol–water partition coefficient (Wildman–Crippen LogP) is 3.93. The summed E-state index contributed by atoms with van der Waals surface area (Å²) in [5, 5.41) is 23.0. The van der Waals surface area contributed by atoms with Crippen LogP contribution in [0.1, 0.15) is 31.8 Å². The molecule has 4 aromatic rings. The van der Waals surface area contributed by atoms with E-state index in [0.717, 1.165) is 28.3 Å². The van der Waals surface area contributed by atoms with Crippen LogP contribution in [-0.4, -0.2) is 78.3 Å². The zero-order valence-corrected chi connectivity index (χ0v) is 26.6. The molecule has 4 aromatic carbocycles. The van der Waals surface area contributed by atoms with Crippen molar-refractivity contribution in [1.82, 2.24) is 15.5 Å². The van der Waals surface area contributed by atoms with Crippen molar-refractivity contribution in [2.45, 2.75) is 25.6 Å². The molecule has 6 bridgehead atoms. The molecule has 1 saturated heterocycles. The first-order valence-corrected chi connectivity index (χ1v) is 15.2. The number of hydrogen-bond donors (Lipinski definition) is 4. The number of aryl methyl sites for hydroxylation is 1. The Morgan fingerprint density at radius 2 is 1.80 bits per heavy atom. The van der Waals surface area contributed by atoms with Crippen molar-refractivity contribution in [3.63, 3.8) is 0 Å². The van der Waals surface area contributed by atoms with Crippen LogP contribution in [0.2, 0.25) is 0 Å². The number of carbonyl (C=O) groups is 4. The largest absolute Gasteiger partial charge is 0.504 e. The minimum absolute atomic E-state index is 0.0344. The highest BCUT2D eigenvalue weighted by atomic mass is 19.1. The maximum absolute atomic E-state index is 14.1. The van der Waals surface area contributed by atoms with Crippen LogP contribution in [0.25, 0.3) is 11.1 Å². The van der Waals surface area contributed by atoms with E-state index in [0.29, 0.717) is 22.8 Å². The Balaban J connectivity index is 0.00000151. The van der Waals surface area contributed by atoms with Gasteiger partial charge in [0.1, 0.15) is 11.9 Å². The van der Waals surface area contributed by atoms with E-state index in [1.807, 2.05) is 31.2 Å². The van der Waals surface area contributed by atoms with Crippen LogP contribution in [0.15, 0.2) is 78.9 Å². The number of ether oxygens (including phenoxy) is 3. The molecule has 1 fully saturated rings. The van der Waals surface area contributed by atoms with Crippen LogP contribution in [0.5, 0.6) is 23.0 Å². The van der Waals surface area contributed by atoms with Gasteiger partial charge in [-0.25, -0.2) is 4.39 Å². The van der Waals surface area contributed by atoms with Crippen molar-refractivity contribution in [1.29, 1.82) is 0 Å². The minimum Gasteiger partial charge on any atom is -0.504 e. The van der Waals surface area contributed by atoms with E-state index in [-0.39, 0.29) is 50.1 Å². The Labute approximate surface area is 281 Å². The zero-order chi connectivity index (χ0) is 35.1. The van der Waals surface area contributed by atoms with Crippen molar-refractivity contribution >= 4 is 24.2 Å². The van der Waals surface area contributed by atoms with Gasteiger partial charge in [-0.15, -0.1) is 0 Å². The number of rotatable bonds is 2. The SMILES string of the molecule is COc1cc2ccc1O[C@H]1CN(C(=O)c3cccc(F)c3O)C[C@@H]1NC(=O)c1ccc(C)c(c1)-c1cccc(c1)OCC(=O)NC2.O=CO. The van der Waals surface area contributed by atoms with Gasteiger partial charge in [0.05, 0.1) is 25.3 Å². The summed E-state index contributed by atoms with van der Waals surface area (Å²) >= 11 is 0. The van der Waals surface area contributed by atoms with E-state index in [4.69, 9.17) is 24.1 Å². The first-order valence-electron chi connectivity index (χ1n) is 15.2. The lowest BCUT2D eigenvalue weighted by Gasteiger charge is -2.23. The third-order valence-electron chi connectivity index (χ3n) is 8.10. The number of phenols is 1. The molecule has 13 heteroatoms. The van der Waals surface area contributed by atoms with Crippen LogP contribution < -0.4 is 24.8 Å². The summed E-state index contributed by atoms with van der Waals surface area (Å²) in [4.78, 5) is 49.5. The maximum Gasteiger partial charge on any atom is 0.290 e. The third-order valence-corrected chi connectivity index (χ3v) is 8.10. The van der Waals surface area contributed by atoms with Gasteiger partial charge < -0.3 is 40.0 Å². The number of benzene rings is 4. The molecule has 2 atom stereocenters. The molecule has 49 heavy (non-hydrogen) atoms. The number of amides is 3. The van der Waals surface area contributed by atoms with Gasteiger partial charge in [-0.2, -0.15) is 0 Å². The van der Waals surface area contributed by atoms with Crippen molar-refractivity contribution in [3.05, 3.63) is 107 Å². The number of carboxylic acid groups (broad SMARTS) is 1. The van der Waals surface area contributed by atoms with E-state index >= 15 is 0 Å². The Hall–Kier alpha value is -6.11. The van der Waals surface area contributed by atoms with Crippen molar-refractivity contribution in [3.8, 4) is 34.1 Å². The van der Waals surface area contributed by atoms with Gasteiger partial charge in [0.15, 0.2) is 29.7 Å². The molecule has 12 nitrogen and oxygen atoms in total. The number of likely N-dealkylation sites (tertiary alicyclic amines) is 1. The van der Waals surface area contributed by atoms with Crippen LogP contribution in [0.3, 0.4) is 0 Å². The standard InChI is InChI=1S/C35H32FN3O7.CH2O2/c1-20-9-11-23-15-26(20)22-5-3-6-24(14-22)45-19-32(40)37-16-21-10-12-29(30(13-21)44-2)46-31-18-39(17-28(31)38-34(23)42)35(43)25-7-4-8-27(36)33(25)41;2-1-3/h3-15,28,31,41H,16-19H2,1-2H3,(H,37,40)(H,38,42);1H,(H,2,3)/t28-,31-;/m0./s1. The molecule has 0 aliphatic carbocycles. The van der Waals surface area contributed by atoms with Gasteiger partial charge in [-0.1, -0.05) is 30.3 Å². The van der Waals surface area contributed by atoms with Crippen molar-refractivity contribution < 1.29 is 48.0 Å². The van der Waals surface area contributed by atoms with E-state index in [1.54, 1.807) is 36.4 Å². The number of para-hydroxylation sites is 1. The summed E-state index contributed by atoms with van der Waals surface area (Å²) in [7, 11) is 1.48. The fourth-order valence-corrected chi connectivity index (χ4v) is 5.62. The molecule has 3 heterocycles. The summed E-state index contributed by atoms with van der Waals surface area (Å²) in [6.45, 7) is 1.78. The average molecular weight is 672 g/mol. The van der Waals surface area contributed by atoms with Gasteiger partial charge in [0, 0.05) is 18.7 Å². The zero-order valence-electron chi connectivity index (χ0n) is 26.6. The average Bonchev–Trinajstić information content (AvgIpc) is 3.49. The smallest absolute Gasteiger partial charge is 0.290 e. The maximum atomic E-state index is 14.1. The molecule has 7 rings (SSSR count). The Bertz CT molecular complexity index is 1880. The second-order valence-electron chi connectivity index (χ2n) is 11.3. The second-order valence-corrected chi connectivity index (χ2v) is 11.3. The number of hydrogen-bond acceptors (Lipinski definition) is 8. The fourth-order valence-electron chi connectivity index (χ4n) is 5.62. The van der Waals surface area contributed by atoms with Crippen molar-refractivity contribution in [2.75, 3.05) is 26.8 Å². The quantitative estimate of drug-likeness (QED) is 0.231. The lowest BCUT2D eigenvalue weighted by atomic mass is 9.97. The molecular weight excluding hydrogens is 637 g/mol. The Morgan fingerprint density at radius 1 is 1.02 bits per heavy atom. The molecule has 0 unspecified atom stereocenters. The van der Waals surface area contributed by atoms with Crippen LogP contribution in [0, 0.1) is 12.7 Å². The summed E-state index contributed by atoms with van der Waals surface area (Å²) in [6, 6.07) is 20.9. The van der Waals surface area contributed by atoms with E-state index in [9.17, 15) is 23.9 Å². The molecule has 254 valence electrons. The van der Waals surface area contributed by atoms with E-state index in [2.05, 4.69) is 10.6 Å². The number of nitrogens with one attached hydrogen (secondary N) is 2. The van der Waals surface area contributed by atoms with Crippen LogP contribution in [0.4, 0.5) is 4.39 Å². The highest BCUT2D eigenvalue weighted by molar-refractivity contribution is 5.98. The molecule has 0 aromatic heterocycles. The third kappa shape index (κ3) is 7.89. The van der Waals surface area contributed by atoms with E-state index in [1.165, 1.54) is 24.1 Å². The highest BCUT2D eigenvalue weighted by Gasteiger charge is 2.39. The number of carbonyl (C=O) groups excluding carboxylic acids is 3. The fraction of sp³-hybridized carbons (Fsp3) is 0.222. The Morgan fingerprint density at radius 3 is 2.57 bits per heavy atom. The van der Waals surface area contributed by atoms with Gasteiger partial charge in [-0.05, 0) is 77.7 Å². The highest BCUT2D eigenvalue weighted by Crippen LogP contribution is 2.33. The van der Waals surface area contributed by atoms with Gasteiger partial charge in [0.2, 0.25) is 0 Å². The Kier molecular flexibility index (Phi) is 10.6. The summed E-state index contributed by atoms with van der Waals surface area (Å²) in [5.41, 5.74) is 3.48. The number of nitrogens with zero attached hydrogens (tertiary/aromatic N) is 1. The molecule has 0 radical (unpaired) electrons. The van der Waals surface area contributed by atoms with Gasteiger partial charge in [0.25, 0.3) is 24.2 Å². The normalized spacial score (nSPS) is 17.2. The first kappa shape index (κ1) is 34.2. The molecule has 3 aliphatic rings. The molecule has 3 amide bonds. The van der Waals surface area contributed by atoms with E-state index < -0.39 is 29.6 Å².